The molecule has 0 aliphatic carbocycles. The van der Waals surface area contributed by atoms with E-state index in [1.807, 2.05) is 6.92 Å². The highest BCUT2D eigenvalue weighted by molar-refractivity contribution is 5.81. The molecule has 0 aliphatic heterocycles. The third-order valence-corrected chi connectivity index (χ3v) is 1.59. The third-order valence-electron chi connectivity index (χ3n) is 1.59. The second-order valence-corrected chi connectivity index (χ2v) is 3.03. The Labute approximate surface area is 95.4 Å². The van der Waals surface area contributed by atoms with Crippen molar-refractivity contribution in [2.75, 3.05) is 19.8 Å². The first-order valence-corrected chi connectivity index (χ1v) is 5.29. The molecule has 0 aromatic carbocycles. The van der Waals surface area contributed by atoms with Crippen LogP contribution < -0.4 is 0 Å². The van der Waals surface area contributed by atoms with E-state index >= 15 is 0 Å². The summed E-state index contributed by atoms with van der Waals surface area (Å²) in [4.78, 5) is 21.5. The largest absolute Gasteiger partial charge is 0.508 e. The summed E-state index contributed by atoms with van der Waals surface area (Å²) in [5.41, 5.74) is 0. The van der Waals surface area contributed by atoms with Crippen molar-refractivity contribution in [2.45, 2.75) is 26.2 Å². The zero-order valence-corrected chi connectivity index (χ0v) is 9.57. The molecule has 0 radical (unpaired) electrons. The molecule has 92 valence electrons. The van der Waals surface area contributed by atoms with E-state index in [9.17, 15) is 9.59 Å². The maximum absolute atomic E-state index is 10.8. The van der Waals surface area contributed by atoms with Crippen LogP contribution in [0.15, 0.2) is 12.7 Å². The number of esters is 1. The summed E-state index contributed by atoms with van der Waals surface area (Å²) in [5, 5.41) is 0. The minimum atomic E-state index is -0.648. The summed E-state index contributed by atoms with van der Waals surface area (Å²) in [6.07, 6.45) is 2.50. The van der Waals surface area contributed by atoms with Gasteiger partial charge in [0.25, 0.3) is 0 Å². The molecule has 5 heteroatoms. The van der Waals surface area contributed by atoms with Gasteiger partial charge in [0.2, 0.25) is 0 Å². The Morgan fingerprint density at radius 2 is 1.62 bits per heavy atom. The van der Waals surface area contributed by atoms with Gasteiger partial charge in [0.15, 0.2) is 0 Å². The van der Waals surface area contributed by atoms with E-state index in [4.69, 9.17) is 14.2 Å². The van der Waals surface area contributed by atoms with Crippen molar-refractivity contribution in [2.24, 2.45) is 0 Å². The standard InChI is InChI=1S/C11H18O5/c1-3-7-15-11(13)16-9-6-5-8-14-10(12)4-2/h4H,2-3,5-9H2,1H3. The summed E-state index contributed by atoms with van der Waals surface area (Å²) in [6.45, 7) is 6.12. The molecule has 0 aromatic heterocycles. The van der Waals surface area contributed by atoms with Crippen LogP contribution in [0.2, 0.25) is 0 Å². The molecular weight excluding hydrogens is 212 g/mol. The first-order valence-electron chi connectivity index (χ1n) is 5.29. The second-order valence-electron chi connectivity index (χ2n) is 3.03. The number of carbonyl (C=O) groups excluding carboxylic acids is 2. The minimum absolute atomic E-state index is 0.272. The van der Waals surface area contributed by atoms with E-state index in [0.717, 1.165) is 12.5 Å². The van der Waals surface area contributed by atoms with Crippen LogP contribution in [0.4, 0.5) is 4.79 Å². The summed E-state index contributed by atoms with van der Waals surface area (Å²) < 4.78 is 14.2. The lowest BCUT2D eigenvalue weighted by atomic mass is 10.3. The van der Waals surface area contributed by atoms with Crippen molar-refractivity contribution in [3.8, 4) is 0 Å². The Morgan fingerprint density at radius 3 is 2.19 bits per heavy atom. The van der Waals surface area contributed by atoms with E-state index in [0.29, 0.717) is 26.1 Å². The lowest BCUT2D eigenvalue weighted by Gasteiger charge is -2.05. The highest BCUT2D eigenvalue weighted by Crippen LogP contribution is 1.95. The van der Waals surface area contributed by atoms with Gasteiger partial charge in [-0.05, 0) is 19.3 Å². The van der Waals surface area contributed by atoms with Crippen LogP contribution >= 0.6 is 0 Å². The predicted octanol–water partition coefficient (Wildman–Crippen LogP) is 2.06. The van der Waals surface area contributed by atoms with Gasteiger partial charge in [0.05, 0.1) is 19.8 Å². The van der Waals surface area contributed by atoms with Crippen LogP contribution in [0.3, 0.4) is 0 Å². The Bertz CT molecular complexity index is 224. The average Bonchev–Trinajstić information content (AvgIpc) is 2.30. The molecule has 0 bridgehead atoms. The zero-order chi connectivity index (χ0) is 12.2. The molecule has 0 saturated carbocycles. The number of ether oxygens (including phenoxy) is 3. The lowest BCUT2D eigenvalue weighted by molar-refractivity contribution is -0.137. The SMILES string of the molecule is C=CC(=O)OCCCCOC(=O)OCCC. The van der Waals surface area contributed by atoms with Crippen molar-refractivity contribution in [1.29, 1.82) is 0 Å². The highest BCUT2D eigenvalue weighted by Gasteiger charge is 2.02. The molecule has 0 aliphatic rings. The van der Waals surface area contributed by atoms with Gasteiger partial charge in [-0.15, -0.1) is 0 Å². The number of unbranched alkanes of at least 4 members (excludes halogenated alkanes) is 1. The fourth-order valence-corrected chi connectivity index (χ4v) is 0.818. The average molecular weight is 230 g/mol. The summed E-state index contributed by atoms with van der Waals surface area (Å²) in [7, 11) is 0. The molecule has 0 saturated heterocycles. The van der Waals surface area contributed by atoms with E-state index < -0.39 is 12.1 Å². The molecule has 5 nitrogen and oxygen atoms in total. The molecule has 0 spiro atoms. The summed E-state index contributed by atoms with van der Waals surface area (Å²) in [6, 6.07) is 0. The van der Waals surface area contributed by atoms with Crippen LogP contribution in [0.25, 0.3) is 0 Å². The molecule has 0 heterocycles. The van der Waals surface area contributed by atoms with Crippen LogP contribution in [0.1, 0.15) is 26.2 Å². The molecule has 0 unspecified atom stereocenters. The molecule has 0 N–H and O–H groups in total. The molecule has 0 aromatic rings. The Morgan fingerprint density at radius 1 is 1.06 bits per heavy atom. The maximum Gasteiger partial charge on any atom is 0.508 e. The monoisotopic (exact) mass is 230 g/mol. The fourth-order valence-electron chi connectivity index (χ4n) is 0.818. The second kappa shape index (κ2) is 10.0. The molecule has 16 heavy (non-hydrogen) atoms. The van der Waals surface area contributed by atoms with Gasteiger partial charge in [0, 0.05) is 6.08 Å². The lowest BCUT2D eigenvalue weighted by Crippen LogP contribution is -2.10. The molecular formula is C11H18O5. The maximum atomic E-state index is 10.8. The first-order chi connectivity index (χ1) is 7.70. The first kappa shape index (κ1) is 14.5. The van der Waals surface area contributed by atoms with Crippen molar-refractivity contribution in [1.82, 2.24) is 0 Å². The number of hydrogen-bond donors (Lipinski definition) is 0. The van der Waals surface area contributed by atoms with Gasteiger partial charge >= 0.3 is 12.1 Å². The quantitative estimate of drug-likeness (QED) is 0.363. The summed E-state index contributed by atoms with van der Waals surface area (Å²) in [5.74, 6) is -0.441. The number of rotatable bonds is 8. The van der Waals surface area contributed by atoms with Crippen LogP contribution in [-0.2, 0) is 19.0 Å². The van der Waals surface area contributed by atoms with E-state index in [1.165, 1.54) is 0 Å². The molecule has 0 fully saturated rings. The molecule has 0 atom stereocenters. The number of hydrogen-bond acceptors (Lipinski definition) is 5. The van der Waals surface area contributed by atoms with Gasteiger partial charge < -0.3 is 14.2 Å². The minimum Gasteiger partial charge on any atom is -0.463 e. The van der Waals surface area contributed by atoms with Crippen LogP contribution in [0.5, 0.6) is 0 Å². The van der Waals surface area contributed by atoms with Crippen molar-refractivity contribution in [3.63, 3.8) is 0 Å². The Balaban J connectivity index is 3.23. The zero-order valence-electron chi connectivity index (χ0n) is 9.57. The van der Waals surface area contributed by atoms with Gasteiger partial charge in [-0.1, -0.05) is 13.5 Å². The predicted molar refractivity (Wildman–Crippen MR) is 58.0 cm³/mol. The number of carbonyl (C=O) groups is 2. The smallest absolute Gasteiger partial charge is 0.463 e. The van der Waals surface area contributed by atoms with Crippen LogP contribution in [0, 0.1) is 0 Å². The van der Waals surface area contributed by atoms with E-state index in [-0.39, 0.29) is 6.61 Å². The summed E-state index contributed by atoms with van der Waals surface area (Å²) >= 11 is 0. The van der Waals surface area contributed by atoms with Gasteiger partial charge in [-0.3, -0.25) is 0 Å². The van der Waals surface area contributed by atoms with Crippen molar-refractivity contribution >= 4 is 12.1 Å². The van der Waals surface area contributed by atoms with Crippen LogP contribution in [-0.4, -0.2) is 31.9 Å². The normalized spacial score (nSPS) is 9.31. The fraction of sp³-hybridized carbons (Fsp3) is 0.636. The van der Waals surface area contributed by atoms with Gasteiger partial charge in [-0.2, -0.15) is 0 Å². The molecule has 0 rings (SSSR count). The van der Waals surface area contributed by atoms with E-state index in [2.05, 4.69) is 6.58 Å². The van der Waals surface area contributed by atoms with Gasteiger partial charge in [-0.25, -0.2) is 9.59 Å². The topological polar surface area (TPSA) is 61.8 Å². The van der Waals surface area contributed by atoms with Crippen molar-refractivity contribution < 1.29 is 23.8 Å². The molecule has 0 amide bonds. The highest BCUT2D eigenvalue weighted by atomic mass is 16.7. The van der Waals surface area contributed by atoms with Gasteiger partial charge in [0.1, 0.15) is 0 Å². The Hall–Kier alpha value is -1.52. The van der Waals surface area contributed by atoms with E-state index in [1.54, 1.807) is 0 Å². The Kier molecular flexibility index (Phi) is 9.06. The van der Waals surface area contributed by atoms with Crippen molar-refractivity contribution in [3.05, 3.63) is 12.7 Å². The third kappa shape index (κ3) is 9.05.